The summed E-state index contributed by atoms with van der Waals surface area (Å²) in [5.41, 5.74) is 7.12. The van der Waals surface area contributed by atoms with Crippen LogP contribution in [0.25, 0.3) is 0 Å². The number of rotatable bonds is 8. The Balaban J connectivity index is 0.00000149. The summed E-state index contributed by atoms with van der Waals surface area (Å²) in [6.45, 7) is 6.98. The third-order valence-corrected chi connectivity index (χ3v) is 6.93. The van der Waals surface area contributed by atoms with Crippen LogP contribution in [0.15, 0.2) is 60.7 Å². The van der Waals surface area contributed by atoms with E-state index < -0.39 is 0 Å². The number of fused-ring (bicyclic) bond motifs is 1. The second kappa shape index (κ2) is 12.5. The van der Waals surface area contributed by atoms with Crippen LogP contribution >= 0.6 is 11.3 Å². The van der Waals surface area contributed by atoms with Crippen molar-refractivity contribution in [3.8, 4) is 11.5 Å². The molecule has 0 unspecified atom stereocenters. The minimum atomic E-state index is 0.0982. The lowest BCUT2D eigenvalue weighted by molar-refractivity contribution is -0.120. The number of nitrogens with one attached hydrogen (secondary N) is 1. The molecule has 0 saturated carbocycles. The monoisotopic (exact) mass is 465 g/mol. The number of thiophene rings is 1. The number of para-hydroxylation sites is 1. The second-order valence-electron chi connectivity index (χ2n) is 8.08. The lowest BCUT2D eigenvalue weighted by Crippen LogP contribution is -2.28. The summed E-state index contributed by atoms with van der Waals surface area (Å²) in [6.07, 6.45) is 2.79. The van der Waals surface area contributed by atoms with Crippen molar-refractivity contribution in [1.82, 2.24) is 4.90 Å². The van der Waals surface area contributed by atoms with Gasteiger partial charge in [-0.05, 0) is 67.8 Å². The van der Waals surface area contributed by atoms with E-state index in [1.807, 2.05) is 36.4 Å². The number of ether oxygens (including phenoxy) is 1. The molecule has 0 aliphatic carbocycles. The first-order chi connectivity index (χ1) is 16.1. The number of carbonyl (C=O) groups excluding carboxylic acids is 1. The molecule has 1 aliphatic heterocycles. The number of nitrogens with two attached hydrogens (primary N) is 1. The highest BCUT2D eigenvalue weighted by molar-refractivity contribution is 7.16. The lowest BCUT2D eigenvalue weighted by atomic mass is 10.0. The van der Waals surface area contributed by atoms with Crippen molar-refractivity contribution >= 4 is 22.2 Å². The average Bonchev–Trinajstić information content (AvgIpc) is 3.23. The van der Waals surface area contributed by atoms with Crippen molar-refractivity contribution < 1.29 is 9.53 Å². The second-order valence-corrected chi connectivity index (χ2v) is 9.22. The van der Waals surface area contributed by atoms with Crippen LogP contribution in [-0.4, -0.2) is 24.4 Å². The summed E-state index contributed by atoms with van der Waals surface area (Å²) in [5, 5.41) is 4.13. The Hall–Kier alpha value is -2.67. The van der Waals surface area contributed by atoms with Crippen molar-refractivity contribution in [2.24, 2.45) is 11.7 Å². The Morgan fingerprint density at radius 3 is 2.52 bits per heavy atom. The quantitative estimate of drug-likeness (QED) is 0.425. The van der Waals surface area contributed by atoms with E-state index in [2.05, 4.69) is 54.1 Å². The van der Waals surface area contributed by atoms with E-state index in [4.69, 9.17) is 4.74 Å². The number of nitrogens with zero attached hydrogens (tertiary/aromatic N) is 1. The fraction of sp³-hybridized carbons (Fsp3) is 0.370. The SMILES string of the molecule is CCC(CC)C(=O)Nc1cc2c(s1)CN(Cc1cccc(Oc3ccccc3)c1)CC2.CN. The minimum Gasteiger partial charge on any atom is -0.457 e. The van der Waals surface area contributed by atoms with Crippen LogP contribution in [0, 0.1) is 5.92 Å². The molecule has 6 heteroatoms. The number of benzene rings is 2. The predicted octanol–water partition coefficient (Wildman–Crippen LogP) is 6.05. The van der Waals surface area contributed by atoms with Gasteiger partial charge in [0, 0.05) is 30.4 Å². The van der Waals surface area contributed by atoms with Crippen molar-refractivity contribution in [3.05, 3.63) is 76.7 Å². The molecule has 5 nitrogen and oxygen atoms in total. The molecule has 0 bridgehead atoms. The first-order valence-corrected chi connectivity index (χ1v) is 12.5. The molecule has 0 fully saturated rings. The van der Waals surface area contributed by atoms with Crippen LogP contribution in [0.5, 0.6) is 11.5 Å². The van der Waals surface area contributed by atoms with E-state index in [0.29, 0.717) is 0 Å². The van der Waals surface area contributed by atoms with E-state index in [9.17, 15) is 4.79 Å². The normalized spacial score (nSPS) is 13.1. The molecule has 0 atom stereocenters. The predicted molar refractivity (Wildman–Crippen MR) is 138 cm³/mol. The maximum atomic E-state index is 12.4. The molecule has 2 heterocycles. The van der Waals surface area contributed by atoms with E-state index in [-0.39, 0.29) is 11.8 Å². The van der Waals surface area contributed by atoms with Crippen LogP contribution in [0.4, 0.5) is 5.00 Å². The molecule has 3 N–H and O–H groups in total. The van der Waals surface area contributed by atoms with Crippen molar-refractivity contribution in [2.45, 2.75) is 46.2 Å². The number of amides is 1. The van der Waals surface area contributed by atoms with Crippen molar-refractivity contribution in [1.29, 1.82) is 0 Å². The van der Waals surface area contributed by atoms with Gasteiger partial charge in [-0.25, -0.2) is 0 Å². The van der Waals surface area contributed by atoms with Crippen molar-refractivity contribution in [2.75, 3.05) is 18.9 Å². The van der Waals surface area contributed by atoms with E-state index in [1.165, 1.54) is 23.1 Å². The summed E-state index contributed by atoms with van der Waals surface area (Å²) in [7, 11) is 1.50. The van der Waals surface area contributed by atoms with Gasteiger partial charge < -0.3 is 15.8 Å². The van der Waals surface area contributed by atoms with Crippen LogP contribution in [-0.2, 0) is 24.3 Å². The molecule has 3 aromatic rings. The molecule has 33 heavy (non-hydrogen) atoms. The summed E-state index contributed by atoms with van der Waals surface area (Å²) in [5.74, 6) is 1.96. The zero-order valence-corrected chi connectivity index (χ0v) is 20.7. The first kappa shape index (κ1) is 25.0. The van der Waals surface area contributed by atoms with Crippen molar-refractivity contribution in [3.63, 3.8) is 0 Å². The van der Waals surface area contributed by atoms with Gasteiger partial charge in [-0.2, -0.15) is 0 Å². The zero-order valence-electron chi connectivity index (χ0n) is 19.8. The standard InChI is InChI=1S/C26H30N2O2S.CH5N/c1-3-20(4-2)26(29)27-25-16-21-13-14-28(18-24(21)31-25)17-19-9-8-12-23(15-19)30-22-10-6-5-7-11-22;1-2/h5-12,15-16,20H,3-4,13-14,17-18H2,1-2H3,(H,27,29);2H2,1H3. The summed E-state index contributed by atoms with van der Waals surface area (Å²) in [4.78, 5) is 16.3. The van der Waals surface area contributed by atoms with Crippen LogP contribution in [0.2, 0.25) is 0 Å². The minimum absolute atomic E-state index is 0.0982. The van der Waals surface area contributed by atoms with E-state index in [1.54, 1.807) is 11.3 Å². The van der Waals surface area contributed by atoms with Gasteiger partial charge in [0.2, 0.25) is 5.91 Å². The summed E-state index contributed by atoms with van der Waals surface area (Å²) < 4.78 is 5.99. The topological polar surface area (TPSA) is 67.6 Å². The Bertz CT molecular complexity index is 1020. The van der Waals surface area contributed by atoms with Gasteiger partial charge in [-0.1, -0.05) is 44.2 Å². The Morgan fingerprint density at radius 1 is 1.06 bits per heavy atom. The molecular weight excluding hydrogens is 430 g/mol. The molecule has 1 aromatic heterocycles. The van der Waals surface area contributed by atoms with Gasteiger partial charge in [0.05, 0.1) is 5.00 Å². The Kier molecular flexibility index (Phi) is 9.48. The molecule has 4 rings (SSSR count). The molecule has 0 radical (unpaired) electrons. The molecule has 1 aliphatic rings. The highest BCUT2D eigenvalue weighted by Gasteiger charge is 2.21. The van der Waals surface area contributed by atoms with Gasteiger partial charge in [-0.3, -0.25) is 9.69 Å². The van der Waals surface area contributed by atoms with Gasteiger partial charge >= 0.3 is 0 Å². The molecule has 2 aromatic carbocycles. The maximum Gasteiger partial charge on any atom is 0.228 e. The van der Waals surface area contributed by atoms with Gasteiger partial charge in [0.15, 0.2) is 0 Å². The summed E-state index contributed by atoms with van der Waals surface area (Å²) >= 11 is 1.72. The van der Waals surface area contributed by atoms with Crippen LogP contribution < -0.4 is 15.8 Å². The first-order valence-electron chi connectivity index (χ1n) is 11.7. The average molecular weight is 466 g/mol. The summed E-state index contributed by atoms with van der Waals surface area (Å²) in [6, 6.07) is 20.4. The molecule has 176 valence electrons. The highest BCUT2D eigenvalue weighted by atomic mass is 32.1. The molecule has 0 saturated heterocycles. The smallest absolute Gasteiger partial charge is 0.228 e. The van der Waals surface area contributed by atoms with Gasteiger partial charge in [0.25, 0.3) is 0 Å². The number of hydrogen-bond acceptors (Lipinski definition) is 5. The largest absolute Gasteiger partial charge is 0.457 e. The van der Waals surface area contributed by atoms with Gasteiger partial charge in [-0.15, -0.1) is 11.3 Å². The Labute approximate surface area is 201 Å². The third kappa shape index (κ3) is 6.90. The highest BCUT2D eigenvalue weighted by Crippen LogP contribution is 2.33. The number of carbonyl (C=O) groups is 1. The number of anilines is 1. The van der Waals surface area contributed by atoms with E-state index in [0.717, 1.165) is 55.4 Å². The maximum absolute atomic E-state index is 12.4. The lowest BCUT2D eigenvalue weighted by Gasteiger charge is -2.26. The molecular formula is C27H35N3O2S. The van der Waals surface area contributed by atoms with E-state index >= 15 is 0 Å². The molecule has 0 spiro atoms. The van der Waals surface area contributed by atoms with Gasteiger partial charge in [0.1, 0.15) is 11.5 Å². The van der Waals surface area contributed by atoms with Crippen LogP contribution in [0.3, 0.4) is 0 Å². The fourth-order valence-corrected chi connectivity index (χ4v) is 5.20. The van der Waals surface area contributed by atoms with Crippen LogP contribution in [0.1, 0.15) is 42.7 Å². The third-order valence-electron chi connectivity index (χ3n) is 5.85. The zero-order chi connectivity index (χ0) is 23.6. The number of hydrogen-bond donors (Lipinski definition) is 2. The Morgan fingerprint density at radius 2 is 1.79 bits per heavy atom. The fourth-order valence-electron chi connectivity index (χ4n) is 4.04. The molecule has 1 amide bonds.